The third-order valence-electron chi connectivity index (χ3n) is 2.25. The molecule has 0 aliphatic rings. The monoisotopic (exact) mass is 242 g/mol. The summed E-state index contributed by atoms with van der Waals surface area (Å²) in [6.45, 7) is 2.30. The predicted molar refractivity (Wildman–Crippen MR) is 60.4 cm³/mol. The first-order valence-electron chi connectivity index (χ1n) is 4.75. The maximum absolute atomic E-state index is 11.8. The summed E-state index contributed by atoms with van der Waals surface area (Å²) in [4.78, 5) is 13.1. The molecule has 88 valence electrons. The van der Waals surface area contributed by atoms with Gasteiger partial charge in [0.25, 0.3) is 5.91 Å². The molecular formula is C10H14N2O3S. The van der Waals surface area contributed by atoms with Gasteiger partial charge in [-0.2, -0.15) is 0 Å². The molecule has 1 rings (SSSR count). The number of hydrogen-bond donors (Lipinski definition) is 1. The number of rotatable bonds is 3. The molecule has 1 aromatic carbocycles. The molecule has 0 heterocycles. The highest BCUT2D eigenvalue weighted by atomic mass is 32.2. The highest BCUT2D eigenvalue weighted by Crippen LogP contribution is 2.15. The number of carbonyl (C=O) groups excluding carboxylic acids is 1. The lowest BCUT2D eigenvalue weighted by Crippen LogP contribution is -2.28. The molecule has 0 unspecified atom stereocenters. The van der Waals surface area contributed by atoms with Crippen LogP contribution in [0.25, 0.3) is 0 Å². The Kier molecular flexibility index (Phi) is 3.66. The molecule has 0 fully saturated rings. The van der Waals surface area contributed by atoms with E-state index in [2.05, 4.69) is 0 Å². The fourth-order valence-electron chi connectivity index (χ4n) is 1.24. The zero-order valence-corrected chi connectivity index (χ0v) is 9.99. The summed E-state index contributed by atoms with van der Waals surface area (Å²) >= 11 is 0. The average Bonchev–Trinajstić information content (AvgIpc) is 2.26. The van der Waals surface area contributed by atoms with E-state index < -0.39 is 10.0 Å². The minimum absolute atomic E-state index is 0.106. The van der Waals surface area contributed by atoms with Crippen LogP contribution in [0, 0.1) is 0 Å². The highest BCUT2D eigenvalue weighted by molar-refractivity contribution is 7.89. The van der Waals surface area contributed by atoms with Gasteiger partial charge in [-0.1, -0.05) is 12.1 Å². The Labute approximate surface area is 94.9 Å². The molecule has 0 aliphatic heterocycles. The molecule has 1 amide bonds. The van der Waals surface area contributed by atoms with E-state index in [9.17, 15) is 13.2 Å². The Balaban J connectivity index is 3.30. The average molecular weight is 242 g/mol. The molecule has 0 spiro atoms. The van der Waals surface area contributed by atoms with Gasteiger partial charge in [0, 0.05) is 13.6 Å². The Morgan fingerprint density at radius 2 is 1.94 bits per heavy atom. The van der Waals surface area contributed by atoms with Crippen LogP contribution >= 0.6 is 0 Å². The van der Waals surface area contributed by atoms with Crippen molar-refractivity contribution >= 4 is 15.9 Å². The summed E-state index contributed by atoms with van der Waals surface area (Å²) in [5, 5.41) is 5.04. The van der Waals surface area contributed by atoms with Gasteiger partial charge in [0.1, 0.15) is 0 Å². The molecule has 1 aromatic rings. The van der Waals surface area contributed by atoms with Crippen LogP contribution in [0.15, 0.2) is 29.2 Å². The van der Waals surface area contributed by atoms with E-state index in [0.717, 1.165) is 0 Å². The zero-order valence-electron chi connectivity index (χ0n) is 9.17. The van der Waals surface area contributed by atoms with Crippen molar-refractivity contribution < 1.29 is 13.2 Å². The Morgan fingerprint density at radius 1 is 1.38 bits per heavy atom. The fourth-order valence-corrected chi connectivity index (χ4v) is 1.97. The summed E-state index contributed by atoms with van der Waals surface area (Å²) in [6.07, 6.45) is 0. The van der Waals surface area contributed by atoms with Gasteiger partial charge in [-0.15, -0.1) is 0 Å². The fraction of sp³-hybridized carbons (Fsp3) is 0.300. The van der Waals surface area contributed by atoms with E-state index in [1.807, 2.05) is 0 Å². The number of primary sulfonamides is 1. The molecule has 0 aromatic heterocycles. The standard InChI is InChI=1S/C10H14N2O3S/c1-3-12(2)10(13)8-6-4-5-7-9(8)16(11,14)15/h4-7H,3H2,1-2H3,(H2,11,14,15). The molecule has 0 saturated carbocycles. The van der Waals surface area contributed by atoms with Crippen molar-refractivity contribution in [3.8, 4) is 0 Å². The summed E-state index contributed by atoms with van der Waals surface area (Å²) in [5.74, 6) is -0.355. The van der Waals surface area contributed by atoms with Crippen molar-refractivity contribution in [1.29, 1.82) is 0 Å². The van der Waals surface area contributed by atoms with Crippen LogP contribution in [0.1, 0.15) is 17.3 Å². The van der Waals surface area contributed by atoms with Gasteiger partial charge in [0.2, 0.25) is 10.0 Å². The maximum Gasteiger partial charge on any atom is 0.254 e. The van der Waals surface area contributed by atoms with Gasteiger partial charge in [0.05, 0.1) is 10.5 Å². The van der Waals surface area contributed by atoms with E-state index in [1.54, 1.807) is 20.0 Å². The highest BCUT2D eigenvalue weighted by Gasteiger charge is 2.20. The first-order valence-corrected chi connectivity index (χ1v) is 6.30. The number of nitrogens with two attached hydrogens (primary N) is 1. The number of carbonyl (C=O) groups is 1. The van der Waals surface area contributed by atoms with Crippen molar-refractivity contribution in [1.82, 2.24) is 4.90 Å². The smallest absolute Gasteiger partial charge is 0.254 e. The largest absolute Gasteiger partial charge is 0.342 e. The second kappa shape index (κ2) is 4.63. The molecule has 0 atom stereocenters. The van der Waals surface area contributed by atoms with Gasteiger partial charge in [-0.25, -0.2) is 13.6 Å². The summed E-state index contributed by atoms with van der Waals surface area (Å²) in [6, 6.07) is 5.91. The number of amides is 1. The number of benzene rings is 1. The Morgan fingerprint density at radius 3 is 2.44 bits per heavy atom. The number of nitrogens with zero attached hydrogens (tertiary/aromatic N) is 1. The maximum atomic E-state index is 11.8. The van der Waals surface area contributed by atoms with Crippen LogP contribution < -0.4 is 5.14 Å². The quantitative estimate of drug-likeness (QED) is 0.834. The first-order chi connectivity index (χ1) is 7.38. The normalized spacial score (nSPS) is 11.2. The van der Waals surface area contributed by atoms with Crippen molar-refractivity contribution in [3.63, 3.8) is 0 Å². The topological polar surface area (TPSA) is 80.5 Å². The molecule has 16 heavy (non-hydrogen) atoms. The molecule has 0 aliphatic carbocycles. The van der Waals surface area contributed by atoms with Gasteiger partial charge in [0.15, 0.2) is 0 Å². The molecule has 0 bridgehead atoms. The van der Waals surface area contributed by atoms with Crippen molar-refractivity contribution in [2.24, 2.45) is 5.14 Å². The molecule has 0 saturated heterocycles. The molecule has 5 nitrogen and oxygen atoms in total. The molecule has 6 heteroatoms. The van der Waals surface area contributed by atoms with Gasteiger partial charge < -0.3 is 4.90 Å². The van der Waals surface area contributed by atoms with E-state index in [0.29, 0.717) is 6.54 Å². The predicted octanol–water partition coefficient (Wildman–Crippen LogP) is 0.426. The molecule has 2 N–H and O–H groups in total. The lowest BCUT2D eigenvalue weighted by atomic mass is 10.2. The van der Waals surface area contributed by atoms with Crippen molar-refractivity contribution in [2.75, 3.05) is 13.6 Å². The van der Waals surface area contributed by atoms with E-state index >= 15 is 0 Å². The Bertz CT molecular complexity index is 497. The van der Waals surface area contributed by atoms with Gasteiger partial charge in [-0.3, -0.25) is 4.79 Å². The van der Waals surface area contributed by atoms with Crippen LogP contribution in [0.3, 0.4) is 0 Å². The third kappa shape index (κ3) is 2.59. The van der Waals surface area contributed by atoms with Crippen LogP contribution in [0.2, 0.25) is 0 Å². The molecular weight excluding hydrogens is 228 g/mol. The van der Waals surface area contributed by atoms with Gasteiger partial charge >= 0.3 is 0 Å². The van der Waals surface area contributed by atoms with E-state index in [-0.39, 0.29) is 16.4 Å². The minimum atomic E-state index is -3.87. The van der Waals surface area contributed by atoms with Gasteiger partial charge in [-0.05, 0) is 19.1 Å². The number of sulfonamides is 1. The van der Waals surface area contributed by atoms with Crippen LogP contribution in [0.5, 0.6) is 0 Å². The van der Waals surface area contributed by atoms with Crippen LogP contribution in [-0.4, -0.2) is 32.8 Å². The summed E-state index contributed by atoms with van der Waals surface area (Å²) in [5.41, 5.74) is 0.106. The third-order valence-corrected chi connectivity index (χ3v) is 3.21. The van der Waals surface area contributed by atoms with Crippen LogP contribution in [0.4, 0.5) is 0 Å². The summed E-state index contributed by atoms with van der Waals surface area (Å²) in [7, 11) is -2.27. The lowest BCUT2D eigenvalue weighted by molar-refractivity contribution is 0.0798. The molecule has 0 radical (unpaired) electrons. The minimum Gasteiger partial charge on any atom is -0.342 e. The SMILES string of the molecule is CCN(C)C(=O)c1ccccc1S(N)(=O)=O. The first kappa shape index (κ1) is 12.7. The van der Waals surface area contributed by atoms with Crippen LogP contribution in [-0.2, 0) is 10.0 Å². The summed E-state index contributed by atoms with van der Waals surface area (Å²) < 4.78 is 22.6. The number of hydrogen-bond acceptors (Lipinski definition) is 3. The second-order valence-electron chi connectivity index (χ2n) is 3.36. The van der Waals surface area contributed by atoms with Crippen molar-refractivity contribution in [2.45, 2.75) is 11.8 Å². The zero-order chi connectivity index (χ0) is 12.3. The lowest BCUT2D eigenvalue weighted by Gasteiger charge is -2.16. The Hall–Kier alpha value is -1.40. The van der Waals surface area contributed by atoms with E-state index in [1.165, 1.54) is 23.1 Å². The second-order valence-corrected chi connectivity index (χ2v) is 4.89. The van der Waals surface area contributed by atoms with Crippen molar-refractivity contribution in [3.05, 3.63) is 29.8 Å². The van der Waals surface area contributed by atoms with E-state index in [4.69, 9.17) is 5.14 Å².